The van der Waals surface area contributed by atoms with Gasteiger partial charge in [0.1, 0.15) is 6.07 Å². The Morgan fingerprint density at radius 2 is 1.29 bits per heavy atom. The second-order valence-electron chi connectivity index (χ2n) is 8.80. The van der Waals surface area contributed by atoms with Crippen molar-refractivity contribution in [3.8, 4) is 6.07 Å². The van der Waals surface area contributed by atoms with Gasteiger partial charge in [-0.2, -0.15) is 22.8 Å². The third-order valence-electron chi connectivity index (χ3n) is 6.69. The van der Waals surface area contributed by atoms with Crippen LogP contribution in [0.3, 0.4) is 0 Å². The first-order chi connectivity index (χ1) is 14.8. The summed E-state index contributed by atoms with van der Waals surface area (Å²) >= 11 is 0. The highest BCUT2D eigenvalue weighted by Gasteiger charge is 2.30. The molecular weight excluding hydrogens is 402 g/mol. The number of benzene rings is 1. The molecule has 3 rings (SSSR count). The molecule has 0 aromatic heterocycles. The number of rotatable bonds is 5. The van der Waals surface area contributed by atoms with E-state index in [0.717, 1.165) is 56.9 Å². The fourth-order valence-electron chi connectivity index (χ4n) is 4.77. The highest BCUT2D eigenvalue weighted by Crippen LogP contribution is 2.38. The van der Waals surface area contributed by atoms with Gasteiger partial charge in [0.15, 0.2) is 5.83 Å². The van der Waals surface area contributed by atoms with Gasteiger partial charge in [0.05, 0.1) is 5.56 Å². The van der Waals surface area contributed by atoms with Crippen LogP contribution in [0.15, 0.2) is 60.5 Å². The predicted octanol–water partition coefficient (Wildman–Crippen LogP) is 8.27. The molecule has 2 saturated carbocycles. The van der Waals surface area contributed by atoms with Gasteiger partial charge < -0.3 is 0 Å². The van der Waals surface area contributed by atoms with Crippen LogP contribution in [-0.4, -0.2) is 0 Å². The maximum atomic E-state index is 12.8. The molecule has 0 unspecified atom stereocenters. The molecule has 0 atom stereocenters. The summed E-state index contributed by atoms with van der Waals surface area (Å²) in [6.45, 7) is 0. The minimum Gasteiger partial charge on any atom is -0.195 e. The quantitative estimate of drug-likeness (QED) is 0.199. The van der Waals surface area contributed by atoms with Crippen LogP contribution in [0.4, 0.5) is 17.6 Å². The maximum absolute atomic E-state index is 12.8. The Morgan fingerprint density at radius 3 is 1.77 bits per heavy atom. The standard InChI is InChI=1S/C26H29F4N/c27-25(18-31)3-1-2-19-4-6-20(7-5-19)8-9-21-10-12-22(13-11-21)23-14-16-24(17-15-23)26(28,29)30/h1-3,8-9,14-17,19-22H,4-7,10-13H2/b2-1?,9-8+,25-3?/t19-,20-,21-,22-. The first-order valence-corrected chi connectivity index (χ1v) is 11.1. The molecule has 166 valence electrons. The minimum atomic E-state index is -4.28. The van der Waals surface area contributed by atoms with Crippen molar-refractivity contribution in [2.24, 2.45) is 17.8 Å². The van der Waals surface area contributed by atoms with Crippen LogP contribution in [0.1, 0.15) is 68.4 Å². The Kier molecular flexibility index (Phi) is 8.12. The van der Waals surface area contributed by atoms with Crippen molar-refractivity contribution in [1.29, 1.82) is 5.26 Å². The molecule has 0 saturated heterocycles. The Hall–Kier alpha value is -2.35. The molecule has 1 aromatic carbocycles. The number of hydrogen-bond donors (Lipinski definition) is 0. The summed E-state index contributed by atoms with van der Waals surface area (Å²) in [5.74, 6) is 1.19. The number of halogens is 4. The van der Waals surface area contributed by atoms with E-state index in [1.807, 2.05) is 6.08 Å². The van der Waals surface area contributed by atoms with E-state index < -0.39 is 17.6 Å². The highest BCUT2D eigenvalue weighted by atomic mass is 19.4. The van der Waals surface area contributed by atoms with Crippen LogP contribution >= 0.6 is 0 Å². The molecule has 0 amide bonds. The zero-order valence-electron chi connectivity index (χ0n) is 17.6. The van der Waals surface area contributed by atoms with E-state index >= 15 is 0 Å². The van der Waals surface area contributed by atoms with Crippen LogP contribution in [0.2, 0.25) is 0 Å². The zero-order chi connectivity index (χ0) is 22.3. The number of nitrogens with zero attached hydrogens (tertiary/aromatic N) is 1. The molecule has 0 spiro atoms. The van der Waals surface area contributed by atoms with E-state index in [4.69, 9.17) is 5.26 Å². The van der Waals surface area contributed by atoms with Crippen LogP contribution in [-0.2, 0) is 6.18 Å². The molecule has 5 heteroatoms. The van der Waals surface area contributed by atoms with Crippen molar-refractivity contribution in [2.75, 3.05) is 0 Å². The molecule has 0 aliphatic heterocycles. The Bertz CT molecular complexity index is 826. The molecule has 2 fully saturated rings. The lowest BCUT2D eigenvalue weighted by molar-refractivity contribution is -0.137. The predicted molar refractivity (Wildman–Crippen MR) is 115 cm³/mol. The molecule has 0 heterocycles. The van der Waals surface area contributed by atoms with Gasteiger partial charge in [0.25, 0.3) is 0 Å². The van der Waals surface area contributed by atoms with Crippen molar-refractivity contribution in [3.05, 3.63) is 71.6 Å². The largest absolute Gasteiger partial charge is 0.416 e. The van der Waals surface area contributed by atoms with Crippen molar-refractivity contribution in [2.45, 2.75) is 63.5 Å². The zero-order valence-corrected chi connectivity index (χ0v) is 17.6. The van der Waals surface area contributed by atoms with E-state index in [9.17, 15) is 17.6 Å². The summed E-state index contributed by atoms with van der Waals surface area (Å²) in [6, 6.07) is 7.15. The van der Waals surface area contributed by atoms with Gasteiger partial charge in [-0.3, -0.25) is 0 Å². The number of alkyl halides is 3. The highest BCUT2D eigenvalue weighted by molar-refractivity contribution is 5.27. The van der Waals surface area contributed by atoms with Crippen molar-refractivity contribution in [1.82, 2.24) is 0 Å². The number of allylic oxidation sites excluding steroid dienone is 6. The van der Waals surface area contributed by atoms with E-state index in [1.54, 1.807) is 18.2 Å². The van der Waals surface area contributed by atoms with Gasteiger partial charge in [0, 0.05) is 0 Å². The Morgan fingerprint density at radius 1 is 0.806 bits per heavy atom. The third-order valence-corrected chi connectivity index (χ3v) is 6.69. The monoisotopic (exact) mass is 431 g/mol. The average Bonchev–Trinajstić information content (AvgIpc) is 2.78. The van der Waals surface area contributed by atoms with E-state index in [0.29, 0.717) is 23.7 Å². The van der Waals surface area contributed by atoms with Crippen LogP contribution in [0.5, 0.6) is 0 Å². The lowest BCUT2D eigenvalue weighted by atomic mass is 9.77. The summed E-state index contributed by atoms with van der Waals surface area (Å²) in [5.41, 5.74) is 0.440. The lowest BCUT2D eigenvalue weighted by Crippen LogP contribution is -2.14. The smallest absolute Gasteiger partial charge is 0.195 e. The van der Waals surface area contributed by atoms with Gasteiger partial charge in [0.2, 0.25) is 0 Å². The van der Waals surface area contributed by atoms with E-state index in [1.165, 1.54) is 24.3 Å². The van der Waals surface area contributed by atoms with Crippen molar-refractivity contribution in [3.63, 3.8) is 0 Å². The third kappa shape index (κ3) is 7.09. The SMILES string of the molecule is N#CC(F)=CC=C[C@H]1CC[C@H](/C=C/[C@H]2CC[C@H](c3ccc(C(F)(F)F)cc3)CC2)CC1. The first-order valence-electron chi connectivity index (χ1n) is 11.1. The average molecular weight is 432 g/mol. The lowest BCUT2D eigenvalue weighted by Gasteiger charge is -2.28. The molecule has 31 heavy (non-hydrogen) atoms. The fourth-order valence-corrected chi connectivity index (χ4v) is 4.77. The van der Waals surface area contributed by atoms with E-state index in [-0.39, 0.29) is 0 Å². The Labute approximate surface area is 182 Å². The van der Waals surface area contributed by atoms with Crippen LogP contribution < -0.4 is 0 Å². The van der Waals surface area contributed by atoms with Crippen molar-refractivity contribution < 1.29 is 17.6 Å². The fraction of sp³-hybridized carbons (Fsp3) is 0.500. The number of nitriles is 1. The summed E-state index contributed by atoms with van der Waals surface area (Å²) < 4.78 is 51.0. The molecule has 2 aliphatic rings. The molecular formula is C26H29F4N. The van der Waals surface area contributed by atoms with Gasteiger partial charge in [-0.25, -0.2) is 0 Å². The molecule has 1 nitrogen and oxygen atoms in total. The topological polar surface area (TPSA) is 23.8 Å². The molecule has 0 radical (unpaired) electrons. The normalized spacial score (nSPS) is 28.2. The summed E-state index contributed by atoms with van der Waals surface area (Å²) in [5, 5.41) is 8.41. The Balaban J connectivity index is 1.41. The van der Waals surface area contributed by atoms with Crippen LogP contribution in [0, 0.1) is 29.1 Å². The second-order valence-corrected chi connectivity index (χ2v) is 8.80. The van der Waals surface area contributed by atoms with Gasteiger partial charge in [-0.1, -0.05) is 36.4 Å². The minimum absolute atomic E-state index is 0.356. The number of hydrogen-bond acceptors (Lipinski definition) is 1. The van der Waals surface area contributed by atoms with Gasteiger partial charge in [-0.15, -0.1) is 0 Å². The maximum Gasteiger partial charge on any atom is 0.416 e. The summed E-state index contributed by atoms with van der Waals surface area (Å²) in [4.78, 5) is 0. The summed E-state index contributed by atoms with van der Waals surface area (Å²) in [6.07, 6.45) is 13.9. The van der Waals surface area contributed by atoms with Gasteiger partial charge in [-0.05, 0) is 98.8 Å². The van der Waals surface area contributed by atoms with Gasteiger partial charge >= 0.3 is 6.18 Å². The van der Waals surface area contributed by atoms with Crippen molar-refractivity contribution >= 4 is 0 Å². The molecule has 0 N–H and O–H groups in total. The molecule has 1 aromatic rings. The van der Waals surface area contributed by atoms with Crippen LogP contribution in [0.25, 0.3) is 0 Å². The molecule has 2 aliphatic carbocycles. The summed E-state index contributed by atoms with van der Waals surface area (Å²) in [7, 11) is 0. The molecule has 0 bridgehead atoms. The second kappa shape index (κ2) is 10.8. The first kappa shape index (κ1) is 23.3. The van der Waals surface area contributed by atoms with E-state index in [2.05, 4.69) is 12.2 Å².